The zero-order chi connectivity index (χ0) is 20.5. The number of cyclic esters (lactones) is 1. The second kappa shape index (κ2) is 8.02. The summed E-state index contributed by atoms with van der Waals surface area (Å²) in [6.07, 6.45) is -0.388. The molecule has 0 aliphatic carbocycles. The van der Waals surface area contributed by atoms with Crippen LogP contribution in [0.2, 0.25) is 5.02 Å². The molecule has 3 amide bonds. The molecule has 9 nitrogen and oxygen atoms in total. The average molecular weight is 434 g/mol. The number of hydrogen-bond donors (Lipinski definition) is 1. The van der Waals surface area contributed by atoms with Gasteiger partial charge in [-0.15, -0.1) is 0 Å². The summed E-state index contributed by atoms with van der Waals surface area (Å²) in [5, 5.41) is -0.322. The van der Waals surface area contributed by atoms with Crippen LogP contribution in [0.25, 0.3) is 0 Å². The summed E-state index contributed by atoms with van der Waals surface area (Å²) >= 11 is 5.59. The summed E-state index contributed by atoms with van der Waals surface area (Å²) < 4.78 is 44.5. The van der Waals surface area contributed by atoms with E-state index >= 15 is 0 Å². The van der Waals surface area contributed by atoms with Crippen molar-refractivity contribution < 1.29 is 31.9 Å². The number of rotatable bonds is 6. The Kier molecular flexibility index (Phi) is 5.87. The summed E-state index contributed by atoms with van der Waals surface area (Å²) in [5.41, 5.74) is 0. The largest absolute Gasteiger partial charge is 0.439 e. The van der Waals surface area contributed by atoms with Gasteiger partial charge >= 0.3 is 6.09 Å². The lowest BCUT2D eigenvalue weighted by Gasteiger charge is -2.20. The van der Waals surface area contributed by atoms with Crippen LogP contribution in [-0.2, 0) is 24.3 Å². The highest BCUT2D eigenvalue weighted by atomic mass is 35.5. The maximum absolute atomic E-state index is 13.2. The Hall–Kier alpha value is -2.24. The lowest BCUT2D eigenvalue weighted by atomic mass is 10.2. The van der Waals surface area contributed by atoms with E-state index in [1.807, 2.05) is 0 Å². The van der Waals surface area contributed by atoms with Crippen LogP contribution in [0.3, 0.4) is 0 Å². The molecule has 2 fully saturated rings. The molecule has 12 heteroatoms. The number of halogens is 2. The first-order chi connectivity index (χ1) is 13.2. The number of sulfonamides is 1. The van der Waals surface area contributed by atoms with Gasteiger partial charge in [-0.05, 0) is 24.6 Å². The van der Waals surface area contributed by atoms with Gasteiger partial charge in [0.15, 0.2) is 6.61 Å². The van der Waals surface area contributed by atoms with E-state index < -0.39 is 33.9 Å². The minimum atomic E-state index is -3.94. The van der Waals surface area contributed by atoms with Crippen molar-refractivity contribution in [3.8, 4) is 0 Å². The molecule has 0 spiro atoms. The number of ether oxygens (including phenoxy) is 1. The Morgan fingerprint density at radius 1 is 1.36 bits per heavy atom. The molecule has 0 bridgehead atoms. The number of imide groups is 1. The minimum absolute atomic E-state index is 0.112. The normalized spacial score (nSPS) is 20.0. The van der Waals surface area contributed by atoms with Gasteiger partial charge in [0.25, 0.3) is 5.91 Å². The first kappa shape index (κ1) is 20.5. The molecule has 2 aliphatic rings. The first-order valence-corrected chi connectivity index (χ1v) is 10.3. The van der Waals surface area contributed by atoms with Crippen molar-refractivity contribution in [2.75, 3.05) is 26.2 Å². The minimum Gasteiger partial charge on any atom is -0.439 e. The number of benzene rings is 1. The van der Waals surface area contributed by atoms with E-state index in [9.17, 15) is 27.2 Å². The van der Waals surface area contributed by atoms with E-state index in [0.717, 1.165) is 23.1 Å². The topological polar surface area (TPSA) is 113 Å². The molecule has 152 valence electrons. The second-order valence-corrected chi connectivity index (χ2v) is 8.50. The predicted octanol–water partition coefficient (Wildman–Crippen LogP) is 0.727. The van der Waals surface area contributed by atoms with Crippen LogP contribution in [0.1, 0.15) is 12.8 Å². The Morgan fingerprint density at radius 2 is 2.11 bits per heavy atom. The maximum Gasteiger partial charge on any atom is 0.417 e. The number of likely N-dealkylation sites (tertiary alicyclic amines) is 1. The highest BCUT2D eigenvalue weighted by Gasteiger charge is 2.41. The van der Waals surface area contributed by atoms with Crippen molar-refractivity contribution in [1.82, 2.24) is 14.5 Å². The lowest BCUT2D eigenvalue weighted by molar-refractivity contribution is -0.131. The monoisotopic (exact) mass is 433 g/mol. The highest BCUT2D eigenvalue weighted by Crippen LogP contribution is 2.21. The Labute approximate surface area is 165 Å². The molecule has 2 heterocycles. The van der Waals surface area contributed by atoms with Gasteiger partial charge in [-0.25, -0.2) is 27.2 Å². The molecule has 0 saturated carbocycles. The fourth-order valence-electron chi connectivity index (χ4n) is 3.07. The summed E-state index contributed by atoms with van der Waals surface area (Å²) in [6.45, 7) is 0.0708. The maximum atomic E-state index is 13.2. The van der Waals surface area contributed by atoms with Gasteiger partial charge in [0.05, 0.1) is 16.0 Å². The van der Waals surface area contributed by atoms with Gasteiger partial charge in [0, 0.05) is 26.1 Å². The summed E-state index contributed by atoms with van der Waals surface area (Å²) in [7, 11) is -3.94. The van der Waals surface area contributed by atoms with Crippen molar-refractivity contribution in [2.45, 2.75) is 23.8 Å². The summed E-state index contributed by atoms with van der Waals surface area (Å²) in [6, 6.07) is 2.56. The molecule has 2 saturated heterocycles. The Morgan fingerprint density at radius 3 is 2.75 bits per heavy atom. The highest BCUT2D eigenvalue weighted by molar-refractivity contribution is 7.89. The molecule has 1 unspecified atom stereocenters. The fraction of sp³-hybridized carbons (Fsp3) is 0.438. The van der Waals surface area contributed by atoms with Crippen LogP contribution in [0.15, 0.2) is 23.1 Å². The molecule has 28 heavy (non-hydrogen) atoms. The Balaban J connectivity index is 1.51. The van der Waals surface area contributed by atoms with E-state index in [-0.39, 0.29) is 41.9 Å². The van der Waals surface area contributed by atoms with Crippen molar-refractivity contribution in [3.05, 3.63) is 29.0 Å². The van der Waals surface area contributed by atoms with Gasteiger partial charge in [-0.1, -0.05) is 11.6 Å². The molecular formula is C16H17ClFN3O6S. The molecule has 0 aromatic heterocycles. The number of carbonyl (C=O) groups is 3. The van der Waals surface area contributed by atoms with Crippen molar-refractivity contribution in [1.29, 1.82) is 0 Å². The van der Waals surface area contributed by atoms with E-state index in [1.54, 1.807) is 0 Å². The molecule has 0 radical (unpaired) electrons. The molecular weight excluding hydrogens is 417 g/mol. The summed E-state index contributed by atoms with van der Waals surface area (Å²) in [5.74, 6) is -1.49. The average Bonchev–Trinajstić information content (AvgIpc) is 3.23. The number of amides is 3. The molecule has 1 N–H and O–H groups in total. The van der Waals surface area contributed by atoms with Crippen molar-refractivity contribution in [3.63, 3.8) is 0 Å². The first-order valence-electron chi connectivity index (χ1n) is 8.40. The van der Waals surface area contributed by atoms with Crippen LogP contribution in [0.5, 0.6) is 0 Å². The lowest BCUT2D eigenvalue weighted by Crippen LogP contribution is -2.42. The third-order valence-electron chi connectivity index (χ3n) is 4.50. The van der Waals surface area contributed by atoms with Gasteiger partial charge in [-0.2, -0.15) is 0 Å². The quantitative estimate of drug-likeness (QED) is 0.707. The third-order valence-corrected chi connectivity index (χ3v) is 6.25. The smallest absolute Gasteiger partial charge is 0.417 e. The van der Waals surface area contributed by atoms with Gasteiger partial charge < -0.3 is 9.64 Å². The SMILES string of the molecule is O=C(CCNS(=O)(=O)c1ccc(F)c(Cl)c1)N1CCC(N2C(=O)COC2=O)C1. The molecule has 3 rings (SSSR count). The molecule has 1 atom stereocenters. The van der Waals surface area contributed by atoms with Crippen molar-refractivity contribution in [2.24, 2.45) is 0 Å². The predicted molar refractivity (Wildman–Crippen MR) is 94.4 cm³/mol. The zero-order valence-electron chi connectivity index (χ0n) is 14.6. The van der Waals surface area contributed by atoms with E-state index in [0.29, 0.717) is 13.0 Å². The third kappa shape index (κ3) is 4.26. The summed E-state index contributed by atoms with van der Waals surface area (Å²) in [4.78, 5) is 37.8. The number of nitrogens with one attached hydrogen (secondary N) is 1. The Bertz CT molecular complexity index is 909. The van der Waals surface area contributed by atoms with E-state index in [1.165, 1.54) is 4.90 Å². The van der Waals surface area contributed by atoms with Gasteiger partial charge in [0.1, 0.15) is 5.82 Å². The van der Waals surface area contributed by atoms with E-state index in [2.05, 4.69) is 9.46 Å². The zero-order valence-corrected chi connectivity index (χ0v) is 16.1. The molecule has 1 aromatic rings. The molecule has 2 aliphatic heterocycles. The second-order valence-electron chi connectivity index (χ2n) is 6.32. The molecule has 1 aromatic carbocycles. The van der Waals surface area contributed by atoms with Crippen LogP contribution in [0, 0.1) is 5.82 Å². The van der Waals surface area contributed by atoms with Crippen molar-refractivity contribution >= 4 is 39.5 Å². The van der Waals surface area contributed by atoms with Gasteiger partial charge in [0.2, 0.25) is 15.9 Å². The van der Waals surface area contributed by atoms with Crippen LogP contribution < -0.4 is 4.72 Å². The van der Waals surface area contributed by atoms with E-state index in [4.69, 9.17) is 11.6 Å². The van der Waals surface area contributed by atoms with Crippen LogP contribution >= 0.6 is 11.6 Å². The van der Waals surface area contributed by atoms with Crippen LogP contribution in [-0.4, -0.2) is 68.4 Å². The number of carbonyl (C=O) groups excluding carboxylic acids is 3. The van der Waals surface area contributed by atoms with Gasteiger partial charge in [-0.3, -0.25) is 9.59 Å². The number of nitrogens with zero attached hydrogens (tertiary/aromatic N) is 2. The van der Waals surface area contributed by atoms with Crippen LogP contribution in [0.4, 0.5) is 9.18 Å². The standard InChI is InChI=1S/C16H17ClFN3O6S/c17-12-7-11(1-2-13(12)18)28(25,26)19-5-3-14(22)20-6-4-10(8-20)21-15(23)9-27-16(21)24/h1-2,7,10,19H,3-6,8-9H2. The number of hydrogen-bond acceptors (Lipinski definition) is 6. The fourth-order valence-corrected chi connectivity index (χ4v) is 4.38.